The maximum Gasteiger partial charge on any atom is 0.0547 e. The van der Waals surface area contributed by atoms with Crippen molar-refractivity contribution in [3.05, 3.63) is 158 Å². The van der Waals surface area contributed by atoms with Crippen molar-refractivity contribution >= 4 is 75.1 Å². The van der Waals surface area contributed by atoms with E-state index in [1.807, 2.05) is 11.3 Å². The normalized spacial score (nSPS) is 12.0. The molecule has 0 saturated heterocycles. The van der Waals surface area contributed by atoms with Gasteiger partial charge in [-0.3, -0.25) is 0 Å². The molecular weight excluding hydrogens is 565 g/mol. The van der Waals surface area contributed by atoms with Gasteiger partial charge in [0, 0.05) is 53.1 Å². The van der Waals surface area contributed by atoms with Crippen molar-refractivity contribution in [3.63, 3.8) is 0 Å². The second kappa shape index (κ2) is 9.43. The number of fused-ring (bicyclic) bond motifs is 9. The molecule has 3 aromatic heterocycles. The van der Waals surface area contributed by atoms with Gasteiger partial charge in [0.15, 0.2) is 0 Å². The largest absolute Gasteiger partial charge is 0.309 e. The Labute approximate surface area is 263 Å². The standard InChI is InChI=1S/C42H26N2S/c1-5-13-37-31(9-1)32-10-2-6-14-38(32)43(37)29-20-17-27(18-21-29)28-19-23-34-33-11-3-7-15-39(33)44(40(34)25-28)30-22-24-36-35-12-4-8-16-41(35)45-42(36)26-30/h1-26H. The van der Waals surface area contributed by atoms with Crippen molar-refractivity contribution < 1.29 is 0 Å². The highest BCUT2D eigenvalue weighted by atomic mass is 32.1. The van der Waals surface area contributed by atoms with Crippen LogP contribution in [-0.2, 0) is 0 Å². The summed E-state index contributed by atoms with van der Waals surface area (Å²) in [5.41, 5.74) is 9.69. The first-order valence-electron chi connectivity index (χ1n) is 15.4. The van der Waals surface area contributed by atoms with Crippen LogP contribution in [0.4, 0.5) is 0 Å². The summed E-state index contributed by atoms with van der Waals surface area (Å²) in [5.74, 6) is 0. The van der Waals surface area contributed by atoms with Gasteiger partial charge in [-0.25, -0.2) is 0 Å². The number of aromatic nitrogens is 2. The third kappa shape index (κ3) is 3.62. The SMILES string of the molecule is c1ccc2c(c1)sc1cc(-n3c4ccccc4c4ccc(-c5ccc(-n6c7ccccc7c7ccccc76)cc5)cc43)ccc12. The van der Waals surface area contributed by atoms with E-state index in [1.54, 1.807) is 0 Å². The Balaban J connectivity index is 1.13. The minimum Gasteiger partial charge on any atom is -0.309 e. The molecule has 0 N–H and O–H groups in total. The van der Waals surface area contributed by atoms with Gasteiger partial charge >= 0.3 is 0 Å². The summed E-state index contributed by atoms with van der Waals surface area (Å²) in [7, 11) is 0. The molecule has 3 heteroatoms. The number of nitrogens with zero attached hydrogens (tertiary/aromatic N) is 2. The van der Waals surface area contributed by atoms with E-state index in [4.69, 9.17) is 0 Å². The Morgan fingerprint density at radius 1 is 0.311 bits per heavy atom. The lowest BCUT2D eigenvalue weighted by molar-refractivity contribution is 1.18. The molecule has 0 aliphatic carbocycles. The van der Waals surface area contributed by atoms with Crippen LogP contribution in [-0.4, -0.2) is 9.13 Å². The number of hydrogen-bond acceptors (Lipinski definition) is 1. The van der Waals surface area contributed by atoms with Crippen LogP contribution in [0.5, 0.6) is 0 Å². The molecule has 0 amide bonds. The molecule has 2 nitrogen and oxygen atoms in total. The van der Waals surface area contributed by atoms with Crippen LogP contribution < -0.4 is 0 Å². The van der Waals surface area contributed by atoms with E-state index in [-0.39, 0.29) is 0 Å². The third-order valence-electron chi connectivity index (χ3n) is 9.33. The van der Waals surface area contributed by atoms with Crippen molar-refractivity contribution in [2.45, 2.75) is 0 Å². The first-order chi connectivity index (χ1) is 22.3. The Hall–Kier alpha value is -5.64. The van der Waals surface area contributed by atoms with Crippen LogP contribution in [0.1, 0.15) is 0 Å². The average Bonchev–Trinajstić information content (AvgIpc) is 3.75. The summed E-state index contributed by atoms with van der Waals surface area (Å²) in [6.45, 7) is 0. The molecule has 0 aliphatic heterocycles. The van der Waals surface area contributed by atoms with E-state index >= 15 is 0 Å². The number of thiophene rings is 1. The average molecular weight is 591 g/mol. The molecular formula is C42H26N2S. The first kappa shape index (κ1) is 24.8. The van der Waals surface area contributed by atoms with Crippen molar-refractivity contribution in [1.82, 2.24) is 9.13 Å². The Kier molecular flexibility index (Phi) is 5.19. The highest BCUT2D eigenvalue weighted by molar-refractivity contribution is 7.25. The molecule has 0 radical (unpaired) electrons. The molecule has 10 aromatic rings. The molecule has 0 aliphatic rings. The zero-order valence-electron chi connectivity index (χ0n) is 24.3. The van der Waals surface area contributed by atoms with Crippen LogP contribution in [0.15, 0.2) is 158 Å². The molecule has 0 saturated carbocycles. The zero-order chi connectivity index (χ0) is 29.5. The molecule has 7 aromatic carbocycles. The lowest BCUT2D eigenvalue weighted by Gasteiger charge is -2.11. The van der Waals surface area contributed by atoms with Crippen molar-refractivity contribution in [1.29, 1.82) is 0 Å². The molecule has 0 atom stereocenters. The summed E-state index contributed by atoms with van der Waals surface area (Å²) in [6.07, 6.45) is 0. The van der Waals surface area contributed by atoms with Crippen LogP contribution in [0, 0.1) is 0 Å². The number of hydrogen-bond donors (Lipinski definition) is 0. The summed E-state index contributed by atoms with van der Waals surface area (Å²) in [4.78, 5) is 0. The van der Waals surface area contributed by atoms with E-state index in [0.717, 1.165) is 0 Å². The monoisotopic (exact) mass is 590 g/mol. The smallest absolute Gasteiger partial charge is 0.0547 e. The molecule has 210 valence electrons. The second-order valence-corrected chi connectivity index (χ2v) is 12.9. The summed E-state index contributed by atoms with van der Waals surface area (Å²) < 4.78 is 7.46. The van der Waals surface area contributed by atoms with Gasteiger partial charge in [0.25, 0.3) is 0 Å². The van der Waals surface area contributed by atoms with E-state index in [1.165, 1.54) is 86.3 Å². The van der Waals surface area contributed by atoms with E-state index in [2.05, 4.69) is 167 Å². The number of benzene rings is 7. The molecule has 0 unspecified atom stereocenters. The van der Waals surface area contributed by atoms with E-state index < -0.39 is 0 Å². The fourth-order valence-electron chi connectivity index (χ4n) is 7.29. The Morgan fingerprint density at radius 2 is 0.778 bits per heavy atom. The summed E-state index contributed by atoms with van der Waals surface area (Å²) in [6, 6.07) is 57.7. The van der Waals surface area contributed by atoms with Crippen LogP contribution >= 0.6 is 11.3 Å². The van der Waals surface area contributed by atoms with Gasteiger partial charge in [-0.05, 0) is 65.7 Å². The highest BCUT2D eigenvalue weighted by Gasteiger charge is 2.16. The van der Waals surface area contributed by atoms with Crippen molar-refractivity contribution in [3.8, 4) is 22.5 Å². The lowest BCUT2D eigenvalue weighted by Crippen LogP contribution is -1.94. The Morgan fingerprint density at radius 3 is 1.44 bits per heavy atom. The Bertz CT molecular complexity index is 2700. The minimum atomic E-state index is 1.17. The van der Waals surface area contributed by atoms with Crippen LogP contribution in [0.2, 0.25) is 0 Å². The van der Waals surface area contributed by atoms with Gasteiger partial charge in [-0.2, -0.15) is 0 Å². The minimum absolute atomic E-state index is 1.17. The fraction of sp³-hybridized carbons (Fsp3) is 0. The van der Waals surface area contributed by atoms with Gasteiger partial charge < -0.3 is 9.13 Å². The van der Waals surface area contributed by atoms with Crippen molar-refractivity contribution in [2.24, 2.45) is 0 Å². The number of para-hydroxylation sites is 3. The zero-order valence-corrected chi connectivity index (χ0v) is 25.1. The second-order valence-electron chi connectivity index (χ2n) is 11.8. The summed E-state index contributed by atoms with van der Waals surface area (Å²) >= 11 is 1.87. The maximum absolute atomic E-state index is 2.43. The van der Waals surface area contributed by atoms with Gasteiger partial charge in [0.05, 0.1) is 22.1 Å². The van der Waals surface area contributed by atoms with E-state index in [9.17, 15) is 0 Å². The lowest BCUT2D eigenvalue weighted by atomic mass is 10.0. The van der Waals surface area contributed by atoms with Gasteiger partial charge in [-0.1, -0.05) is 103 Å². The van der Waals surface area contributed by atoms with Crippen LogP contribution in [0.25, 0.3) is 86.3 Å². The summed E-state index contributed by atoms with van der Waals surface area (Å²) in [5, 5.41) is 7.76. The number of rotatable bonds is 3. The quantitative estimate of drug-likeness (QED) is 0.194. The molecule has 45 heavy (non-hydrogen) atoms. The third-order valence-corrected chi connectivity index (χ3v) is 10.5. The molecule has 0 fully saturated rings. The van der Waals surface area contributed by atoms with Gasteiger partial charge in [-0.15, -0.1) is 11.3 Å². The topological polar surface area (TPSA) is 9.86 Å². The predicted octanol–water partition coefficient (Wildman–Crippen LogP) is 11.9. The predicted molar refractivity (Wildman–Crippen MR) is 193 cm³/mol. The first-order valence-corrected chi connectivity index (χ1v) is 16.2. The molecule has 0 bridgehead atoms. The van der Waals surface area contributed by atoms with Crippen molar-refractivity contribution in [2.75, 3.05) is 0 Å². The fourth-order valence-corrected chi connectivity index (χ4v) is 8.42. The van der Waals surface area contributed by atoms with E-state index in [0.29, 0.717) is 0 Å². The van der Waals surface area contributed by atoms with Gasteiger partial charge in [0.1, 0.15) is 0 Å². The highest BCUT2D eigenvalue weighted by Crippen LogP contribution is 2.39. The maximum atomic E-state index is 2.43. The van der Waals surface area contributed by atoms with Gasteiger partial charge in [0.2, 0.25) is 0 Å². The molecule has 3 heterocycles. The van der Waals surface area contributed by atoms with Crippen LogP contribution in [0.3, 0.4) is 0 Å². The molecule has 0 spiro atoms. The molecule has 10 rings (SSSR count).